The van der Waals surface area contributed by atoms with Gasteiger partial charge >= 0.3 is 6.18 Å². The molecule has 24 heavy (non-hydrogen) atoms. The van der Waals surface area contributed by atoms with E-state index in [4.69, 9.17) is 11.6 Å². The van der Waals surface area contributed by atoms with Crippen LogP contribution >= 0.6 is 22.9 Å². The molecule has 3 rings (SSSR count). The van der Waals surface area contributed by atoms with Gasteiger partial charge < -0.3 is 5.32 Å². The molecule has 1 atom stereocenters. The van der Waals surface area contributed by atoms with Gasteiger partial charge in [0.25, 0.3) is 0 Å². The highest BCUT2D eigenvalue weighted by atomic mass is 35.5. The zero-order chi connectivity index (χ0) is 17.2. The van der Waals surface area contributed by atoms with Crippen LogP contribution in [0.4, 0.5) is 13.2 Å². The molecule has 7 heteroatoms. The molecule has 0 aliphatic carbocycles. The van der Waals surface area contributed by atoms with E-state index in [2.05, 4.69) is 10.2 Å². The van der Waals surface area contributed by atoms with Gasteiger partial charge in [-0.25, -0.2) is 0 Å². The minimum atomic E-state index is -4.38. The van der Waals surface area contributed by atoms with Crippen molar-refractivity contribution in [3.63, 3.8) is 0 Å². The van der Waals surface area contributed by atoms with Crippen LogP contribution in [0.1, 0.15) is 28.5 Å². The Morgan fingerprint density at radius 3 is 2.71 bits per heavy atom. The first-order valence-corrected chi connectivity index (χ1v) is 9.07. The van der Waals surface area contributed by atoms with Gasteiger partial charge in [0.15, 0.2) is 0 Å². The van der Waals surface area contributed by atoms with E-state index in [0.29, 0.717) is 10.6 Å². The highest BCUT2D eigenvalue weighted by molar-refractivity contribution is 7.10. The third-order valence-electron chi connectivity index (χ3n) is 4.17. The average molecular weight is 375 g/mol. The molecule has 2 heterocycles. The maximum absolute atomic E-state index is 13.1. The highest BCUT2D eigenvalue weighted by Crippen LogP contribution is 2.39. The molecule has 1 unspecified atom stereocenters. The molecule has 0 spiro atoms. The summed E-state index contributed by atoms with van der Waals surface area (Å²) >= 11 is 7.86. The van der Waals surface area contributed by atoms with Gasteiger partial charge in [0.05, 0.1) is 11.6 Å². The molecule has 1 aromatic carbocycles. The van der Waals surface area contributed by atoms with Gasteiger partial charge in [-0.1, -0.05) is 17.7 Å². The number of hydrogen-bond acceptors (Lipinski definition) is 3. The van der Waals surface area contributed by atoms with Gasteiger partial charge in [-0.2, -0.15) is 13.2 Å². The Bertz CT molecular complexity index is 665. The van der Waals surface area contributed by atoms with E-state index in [1.165, 1.54) is 12.1 Å². The van der Waals surface area contributed by atoms with Gasteiger partial charge in [0, 0.05) is 29.5 Å². The second kappa shape index (κ2) is 7.44. The van der Waals surface area contributed by atoms with Gasteiger partial charge in [-0.05, 0) is 48.2 Å². The summed E-state index contributed by atoms with van der Waals surface area (Å²) in [6, 6.07) is 7.23. The van der Waals surface area contributed by atoms with E-state index in [9.17, 15) is 13.2 Å². The normalized spacial score (nSPS) is 18.3. The fourth-order valence-electron chi connectivity index (χ4n) is 3.03. The van der Waals surface area contributed by atoms with Crippen molar-refractivity contribution in [1.29, 1.82) is 0 Å². The molecule has 1 aliphatic rings. The molecule has 130 valence electrons. The predicted octanol–water partition coefficient (Wildman–Crippen LogP) is 4.81. The summed E-state index contributed by atoms with van der Waals surface area (Å²) in [4.78, 5) is 3.23. The number of nitrogens with one attached hydrogen (secondary N) is 1. The molecule has 1 saturated heterocycles. The van der Waals surface area contributed by atoms with Crippen molar-refractivity contribution in [2.24, 2.45) is 0 Å². The Morgan fingerprint density at radius 1 is 1.17 bits per heavy atom. The van der Waals surface area contributed by atoms with E-state index in [0.717, 1.165) is 43.5 Å². The quantitative estimate of drug-likeness (QED) is 0.829. The van der Waals surface area contributed by atoms with Crippen molar-refractivity contribution in [2.45, 2.75) is 18.6 Å². The summed E-state index contributed by atoms with van der Waals surface area (Å²) in [5, 5.41) is 5.65. The maximum Gasteiger partial charge on any atom is 0.416 e. The third-order valence-corrected chi connectivity index (χ3v) is 5.44. The van der Waals surface area contributed by atoms with Crippen molar-refractivity contribution >= 4 is 22.9 Å². The number of alkyl halides is 3. The van der Waals surface area contributed by atoms with E-state index in [-0.39, 0.29) is 6.04 Å². The summed E-state index contributed by atoms with van der Waals surface area (Å²) < 4.78 is 39.4. The smallest absolute Gasteiger partial charge is 0.315 e. The summed E-state index contributed by atoms with van der Waals surface area (Å²) in [6.45, 7) is 3.33. The summed E-state index contributed by atoms with van der Waals surface area (Å²) in [5.74, 6) is 0. The predicted molar refractivity (Wildman–Crippen MR) is 91.7 cm³/mol. The lowest BCUT2D eigenvalue weighted by molar-refractivity contribution is -0.137. The third kappa shape index (κ3) is 3.94. The Hall–Kier alpha value is -1.08. The first kappa shape index (κ1) is 17.7. The SMILES string of the molecule is FC(F)(F)c1ccc(Cl)c(C(c2cccs2)N2CCCNCC2)c1. The lowest BCUT2D eigenvalue weighted by atomic mass is 10.00. The molecule has 0 saturated carbocycles. The minimum absolute atomic E-state index is 0.250. The molecule has 2 nitrogen and oxygen atoms in total. The molecule has 0 bridgehead atoms. The van der Waals surface area contributed by atoms with Crippen LogP contribution in [0, 0.1) is 0 Å². The standard InChI is InChI=1S/C17H18ClF3N2S/c18-14-5-4-12(17(19,20)21)11-13(14)16(15-3-1-10-24-15)23-8-2-6-22-7-9-23/h1,3-5,10-11,16,22H,2,6-9H2. The zero-order valence-electron chi connectivity index (χ0n) is 12.9. The van der Waals surface area contributed by atoms with Crippen LogP contribution in [0.3, 0.4) is 0 Å². The van der Waals surface area contributed by atoms with E-state index < -0.39 is 11.7 Å². The van der Waals surface area contributed by atoms with E-state index in [1.54, 1.807) is 11.3 Å². The fourth-order valence-corrected chi connectivity index (χ4v) is 4.13. The second-order valence-electron chi connectivity index (χ2n) is 5.79. The van der Waals surface area contributed by atoms with Gasteiger partial charge in [-0.3, -0.25) is 4.90 Å². The number of halogens is 4. The number of nitrogens with zero attached hydrogens (tertiary/aromatic N) is 1. The molecule has 1 N–H and O–H groups in total. The topological polar surface area (TPSA) is 15.3 Å². The van der Waals surface area contributed by atoms with Crippen molar-refractivity contribution in [1.82, 2.24) is 10.2 Å². The van der Waals surface area contributed by atoms with Crippen molar-refractivity contribution < 1.29 is 13.2 Å². The molecule has 1 aliphatic heterocycles. The summed E-state index contributed by atoms with van der Waals surface area (Å²) in [5.41, 5.74) is -0.132. The molecular weight excluding hydrogens is 357 g/mol. The first-order chi connectivity index (χ1) is 11.5. The molecule has 0 radical (unpaired) electrons. The highest BCUT2D eigenvalue weighted by Gasteiger charge is 2.33. The summed E-state index contributed by atoms with van der Waals surface area (Å²) in [7, 11) is 0. The fraction of sp³-hybridized carbons (Fsp3) is 0.412. The number of thiophene rings is 1. The zero-order valence-corrected chi connectivity index (χ0v) is 14.5. The Balaban J connectivity index is 2.05. The molecule has 1 fully saturated rings. The van der Waals surface area contributed by atoms with Crippen LogP contribution in [0.2, 0.25) is 5.02 Å². The minimum Gasteiger partial charge on any atom is -0.315 e. The Morgan fingerprint density at radius 2 is 2.00 bits per heavy atom. The molecule has 1 aromatic heterocycles. The number of rotatable bonds is 3. The second-order valence-corrected chi connectivity index (χ2v) is 7.18. The van der Waals surface area contributed by atoms with E-state index >= 15 is 0 Å². The van der Waals surface area contributed by atoms with Crippen molar-refractivity contribution in [3.8, 4) is 0 Å². The Labute approximate surface area is 148 Å². The van der Waals surface area contributed by atoms with Crippen molar-refractivity contribution in [2.75, 3.05) is 26.2 Å². The van der Waals surface area contributed by atoms with Crippen molar-refractivity contribution in [3.05, 3.63) is 56.7 Å². The van der Waals surface area contributed by atoms with Crippen LogP contribution in [0.5, 0.6) is 0 Å². The summed E-state index contributed by atoms with van der Waals surface area (Å²) in [6.07, 6.45) is -3.42. The number of hydrogen-bond donors (Lipinski definition) is 1. The average Bonchev–Trinajstić information content (AvgIpc) is 2.91. The largest absolute Gasteiger partial charge is 0.416 e. The van der Waals surface area contributed by atoms with E-state index in [1.807, 2.05) is 17.5 Å². The lowest BCUT2D eigenvalue weighted by Gasteiger charge is -2.31. The lowest BCUT2D eigenvalue weighted by Crippen LogP contribution is -2.33. The van der Waals surface area contributed by atoms with Crippen LogP contribution in [0.15, 0.2) is 35.7 Å². The van der Waals surface area contributed by atoms with Gasteiger partial charge in [-0.15, -0.1) is 11.3 Å². The molecule has 2 aromatic rings. The first-order valence-electron chi connectivity index (χ1n) is 7.81. The Kier molecular flexibility index (Phi) is 5.49. The van der Waals surface area contributed by atoms with Crippen LogP contribution < -0.4 is 5.32 Å². The van der Waals surface area contributed by atoms with Gasteiger partial charge in [0.1, 0.15) is 0 Å². The monoisotopic (exact) mass is 374 g/mol. The molecule has 0 amide bonds. The number of benzene rings is 1. The van der Waals surface area contributed by atoms with Crippen LogP contribution in [-0.4, -0.2) is 31.1 Å². The maximum atomic E-state index is 13.1. The molecular formula is C17H18ClF3N2S. The van der Waals surface area contributed by atoms with Crippen LogP contribution in [-0.2, 0) is 6.18 Å². The van der Waals surface area contributed by atoms with Crippen LogP contribution in [0.25, 0.3) is 0 Å². The van der Waals surface area contributed by atoms with Gasteiger partial charge in [0.2, 0.25) is 0 Å².